The summed E-state index contributed by atoms with van der Waals surface area (Å²) in [5, 5.41) is 31.6. The number of benzene rings is 1. The minimum Gasteiger partial charge on any atom is -0.480 e. The normalized spacial score (nSPS) is 28.5. The van der Waals surface area contributed by atoms with Crippen molar-refractivity contribution < 1.29 is 29.4 Å². The molecule has 1 fully saturated rings. The lowest BCUT2D eigenvalue weighted by Gasteiger charge is -2.35. The summed E-state index contributed by atoms with van der Waals surface area (Å²) in [4.78, 5) is 53.5. The van der Waals surface area contributed by atoms with Crippen molar-refractivity contribution in [2.45, 2.75) is 101 Å². The number of fused-ring (bicyclic) bond motifs is 2. The van der Waals surface area contributed by atoms with Crippen molar-refractivity contribution in [1.82, 2.24) is 36.8 Å². The molecule has 3 aliphatic heterocycles. The third-order valence-corrected chi connectivity index (χ3v) is 8.34. The molecule has 44 heavy (non-hydrogen) atoms. The molecule has 242 valence electrons. The number of aliphatic carboxylic acids is 1. The molecular weight excluding hydrogens is 568 g/mol. The van der Waals surface area contributed by atoms with Gasteiger partial charge in [0.15, 0.2) is 0 Å². The predicted octanol–water partition coefficient (Wildman–Crippen LogP) is -0.581. The molecule has 4 rings (SSSR count). The molecule has 0 spiro atoms. The lowest BCUT2D eigenvalue weighted by Crippen LogP contribution is -2.59. The molecule has 1 saturated heterocycles. The number of rotatable bonds is 5. The number of hydrazine groups is 2. The molecule has 3 aliphatic rings. The number of carboxylic acid groups (broad SMARTS) is 1. The Labute approximate surface area is 257 Å². The fourth-order valence-corrected chi connectivity index (χ4v) is 5.87. The van der Waals surface area contributed by atoms with Gasteiger partial charge in [-0.25, -0.2) is 4.79 Å². The van der Waals surface area contributed by atoms with Crippen LogP contribution >= 0.6 is 0 Å². The number of carboxylic acids is 1. The highest BCUT2D eigenvalue weighted by Gasteiger charge is 2.40. The lowest BCUT2D eigenvalue weighted by molar-refractivity contribution is -0.142. The molecule has 0 radical (unpaired) electrons. The van der Waals surface area contributed by atoms with E-state index >= 15 is 0 Å². The van der Waals surface area contributed by atoms with E-state index in [1.807, 2.05) is 41.5 Å². The SMILES string of the molecule is C[C@H](N)C(=O)N[C@H]1CCCC2=CN(CCCC[C@@H](C(=O)O)NC(=O)[C@H](Cc3ccccc3)NC(=O)[C@@H]3CCCN3C1O)NN2. The van der Waals surface area contributed by atoms with Gasteiger partial charge in [-0.1, -0.05) is 30.3 Å². The second kappa shape index (κ2) is 15.8. The first-order valence-corrected chi connectivity index (χ1v) is 15.5. The van der Waals surface area contributed by atoms with Crippen molar-refractivity contribution in [2.24, 2.45) is 5.73 Å². The Balaban J connectivity index is 1.59. The summed E-state index contributed by atoms with van der Waals surface area (Å²) < 4.78 is 0. The van der Waals surface area contributed by atoms with Crippen LogP contribution in [0.3, 0.4) is 0 Å². The van der Waals surface area contributed by atoms with E-state index in [1.54, 1.807) is 11.8 Å². The highest BCUT2D eigenvalue weighted by atomic mass is 16.4. The Morgan fingerprint density at radius 2 is 1.80 bits per heavy atom. The van der Waals surface area contributed by atoms with Gasteiger partial charge in [-0.2, -0.15) is 0 Å². The van der Waals surface area contributed by atoms with Gasteiger partial charge < -0.3 is 37.3 Å². The van der Waals surface area contributed by atoms with Crippen molar-refractivity contribution in [3.8, 4) is 0 Å². The second-order valence-electron chi connectivity index (χ2n) is 11.8. The number of nitrogens with two attached hydrogens (primary N) is 1. The molecule has 1 aromatic rings. The quantitative estimate of drug-likeness (QED) is 0.211. The smallest absolute Gasteiger partial charge is 0.326 e. The third kappa shape index (κ3) is 9.14. The highest BCUT2D eigenvalue weighted by Crippen LogP contribution is 2.24. The molecule has 14 nitrogen and oxygen atoms in total. The molecule has 0 aliphatic carbocycles. The molecular formula is C30H46N8O6. The molecule has 6 atom stereocenters. The number of hydrogen-bond donors (Lipinski definition) is 8. The summed E-state index contributed by atoms with van der Waals surface area (Å²) in [6, 6.07) is 4.83. The first-order chi connectivity index (χ1) is 21.1. The Bertz CT molecular complexity index is 1180. The summed E-state index contributed by atoms with van der Waals surface area (Å²) in [6.45, 7) is 2.61. The van der Waals surface area contributed by atoms with Crippen LogP contribution in [0, 0.1) is 0 Å². The van der Waals surface area contributed by atoms with E-state index in [-0.39, 0.29) is 12.8 Å². The van der Waals surface area contributed by atoms with Crippen LogP contribution in [0.4, 0.5) is 0 Å². The number of allylic oxidation sites excluding steroid dienone is 1. The van der Waals surface area contributed by atoms with Crippen molar-refractivity contribution in [3.63, 3.8) is 0 Å². The first-order valence-electron chi connectivity index (χ1n) is 15.5. The van der Waals surface area contributed by atoms with Crippen LogP contribution in [0.2, 0.25) is 0 Å². The summed E-state index contributed by atoms with van der Waals surface area (Å²) in [5.74, 6) is -2.57. The minimum absolute atomic E-state index is 0.162. The van der Waals surface area contributed by atoms with E-state index < -0.39 is 60.1 Å². The molecule has 9 N–H and O–H groups in total. The maximum absolute atomic E-state index is 13.7. The van der Waals surface area contributed by atoms with E-state index in [2.05, 4.69) is 26.9 Å². The van der Waals surface area contributed by atoms with Gasteiger partial charge in [0.1, 0.15) is 18.3 Å². The number of carbonyl (C=O) groups is 4. The predicted molar refractivity (Wildman–Crippen MR) is 162 cm³/mol. The van der Waals surface area contributed by atoms with E-state index in [9.17, 15) is 29.4 Å². The zero-order valence-electron chi connectivity index (χ0n) is 25.2. The third-order valence-electron chi connectivity index (χ3n) is 8.34. The van der Waals surface area contributed by atoms with Crippen LogP contribution in [0.5, 0.6) is 0 Å². The summed E-state index contributed by atoms with van der Waals surface area (Å²) in [7, 11) is 0. The van der Waals surface area contributed by atoms with Gasteiger partial charge in [-0.05, 0) is 63.9 Å². The average molecular weight is 615 g/mol. The monoisotopic (exact) mass is 614 g/mol. The molecule has 0 saturated carbocycles. The van der Waals surface area contributed by atoms with E-state index in [4.69, 9.17) is 5.73 Å². The Morgan fingerprint density at radius 3 is 2.52 bits per heavy atom. The minimum atomic E-state index is -1.17. The Hall–Kier alpha value is -3.72. The Morgan fingerprint density at radius 1 is 1.02 bits per heavy atom. The summed E-state index contributed by atoms with van der Waals surface area (Å²) in [6.07, 6.45) is 5.23. The van der Waals surface area contributed by atoms with Crippen LogP contribution in [-0.4, -0.2) is 93.3 Å². The van der Waals surface area contributed by atoms with Crippen LogP contribution < -0.4 is 32.6 Å². The van der Waals surface area contributed by atoms with Gasteiger partial charge in [0.05, 0.1) is 18.1 Å². The first kappa shape index (κ1) is 33.2. The topological polar surface area (TPSA) is 201 Å². The highest BCUT2D eigenvalue weighted by molar-refractivity contribution is 5.92. The van der Waals surface area contributed by atoms with E-state index in [1.165, 1.54) is 0 Å². The van der Waals surface area contributed by atoms with Gasteiger partial charge in [-0.3, -0.25) is 24.3 Å². The van der Waals surface area contributed by atoms with Crippen molar-refractivity contribution in [2.75, 3.05) is 13.1 Å². The fourth-order valence-electron chi connectivity index (χ4n) is 5.87. The maximum Gasteiger partial charge on any atom is 0.326 e. The zero-order chi connectivity index (χ0) is 31.6. The molecule has 3 heterocycles. The number of hydrogen-bond acceptors (Lipinski definition) is 10. The van der Waals surface area contributed by atoms with E-state index in [0.29, 0.717) is 58.0 Å². The second-order valence-corrected chi connectivity index (χ2v) is 11.8. The molecule has 2 bridgehead atoms. The standard InChI is InChI=1S/C30H46N8O6/c1-19(31)26(39)32-22-13-7-11-21-18-37(36-35-21)15-6-5-12-23(30(43)44)33-27(40)24(17-20-9-3-2-4-10-20)34-28(41)25-14-8-16-38(25)29(22)42/h2-4,9-10,18-19,22-25,29,35-36,42H,5-8,11-17,31H2,1H3,(H,32,39)(H,33,40)(H,34,41)(H,43,44)/t19-,22-,23-,24-,25-,29?/m0/s1. The largest absolute Gasteiger partial charge is 0.480 e. The molecule has 3 amide bonds. The molecule has 1 aromatic carbocycles. The average Bonchev–Trinajstić information content (AvgIpc) is 3.67. The summed E-state index contributed by atoms with van der Waals surface area (Å²) in [5.41, 5.74) is 13.7. The fraction of sp³-hybridized carbons (Fsp3) is 0.600. The Kier molecular flexibility index (Phi) is 11.9. The van der Waals surface area contributed by atoms with Crippen molar-refractivity contribution in [3.05, 3.63) is 47.8 Å². The van der Waals surface area contributed by atoms with Gasteiger partial charge in [0, 0.05) is 31.4 Å². The zero-order valence-corrected chi connectivity index (χ0v) is 25.2. The number of aliphatic hydroxyl groups is 1. The number of aliphatic hydroxyl groups excluding tert-OH is 1. The number of nitrogens with one attached hydrogen (secondary N) is 5. The molecule has 1 unspecified atom stereocenters. The number of carbonyl (C=O) groups excluding carboxylic acids is 3. The number of nitrogens with zero attached hydrogens (tertiary/aromatic N) is 2. The molecule has 14 heteroatoms. The maximum atomic E-state index is 13.7. The van der Waals surface area contributed by atoms with Gasteiger partial charge in [0.25, 0.3) is 0 Å². The van der Waals surface area contributed by atoms with Crippen molar-refractivity contribution >= 4 is 23.7 Å². The lowest BCUT2D eigenvalue weighted by atomic mass is 10.0. The van der Waals surface area contributed by atoms with Gasteiger partial charge in [-0.15, -0.1) is 5.53 Å². The van der Waals surface area contributed by atoms with Crippen LogP contribution in [0.15, 0.2) is 42.2 Å². The van der Waals surface area contributed by atoms with Crippen LogP contribution in [0.25, 0.3) is 0 Å². The van der Waals surface area contributed by atoms with Crippen molar-refractivity contribution in [1.29, 1.82) is 0 Å². The van der Waals surface area contributed by atoms with Gasteiger partial charge >= 0.3 is 5.97 Å². The van der Waals surface area contributed by atoms with Crippen LogP contribution in [-0.2, 0) is 25.6 Å². The molecule has 0 aromatic heterocycles. The van der Waals surface area contributed by atoms with Crippen LogP contribution in [0.1, 0.15) is 63.9 Å². The summed E-state index contributed by atoms with van der Waals surface area (Å²) >= 11 is 0. The van der Waals surface area contributed by atoms with E-state index in [0.717, 1.165) is 11.3 Å². The number of amides is 3. The van der Waals surface area contributed by atoms with Gasteiger partial charge in [0.2, 0.25) is 17.7 Å².